The first-order chi connectivity index (χ1) is 15.2. The van der Waals surface area contributed by atoms with Crippen molar-refractivity contribution in [3.63, 3.8) is 0 Å². The number of thiazole rings is 1. The molecule has 1 aliphatic rings. The van der Waals surface area contributed by atoms with Crippen LogP contribution >= 0.6 is 11.3 Å². The van der Waals surface area contributed by atoms with Crippen LogP contribution in [0.4, 0.5) is 0 Å². The van der Waals surface area contributed by atoms with Gasteiger partial charge in [0.1, 0.15) is 5.69 Å². The highest BCUT2D eigenvalue weighted by molar-refractivity contribution is 7.18. The lowest BCUT2D eigenvalue weighted by atomic mass is 9.82. The number of amides is 1. The number of aryl methyl sites for hydroxylation is 1. The van der Waals surface area contributed by atoms with E-state index in [0.717, 1.165) is 40.9 Å². The standard InChI is InChI=1S/C23H23N5O2S/c1-14-26-18-10-9-17(12-20(18)31-14)21(29)25-13-15-5-7-16(8-6-15)22-27-28-23(30-22)19-4-2-3-11-24-19/h2-4,9-12,15-16H,5-8,13H2,1H3,(H,25,29). The molecule has 0 spiro atoms. The zero-order valence-corrected chi connectivity index (χ0v) is 18.1. The van der Waals surface area contributed by atoms with Crippen molar-refractivity contribution in [2.45, 2.75) is 38.5 Å². The third-order valence-corrected chi connectivity index (χ3v) is 6.76. The van der Waals surface area contributed by atoms with Gasteiger partial charge in [0.05, 0.1) is 15.2 Å². The Morgan fingerprint density at radius 2 is 2.03 bits per heavy atom. The molecule has 0 saturated heterocycles. The highest BCUT2D eigenvalue weighted by atomic mass is 32.1. The molecule has 1 aliphatic carbocycles. The maximum absolute atomic E-state index is 12.6. The number of hydrogen-bond acceptors (Lipinski definition) is 7. The van der Waals surface area contributed by atoms with E-state index in [1.54, 1.807) is 17.5 Å². The number of nitrogens with zero attached hydrogens (tertiary/aromatic N) is 4. The Bertz CT molecular complexity index is 1200. The molecule has 158 valence electrons. The fourth-order valence-electron chi connectivity index (χ4n) is 4.13. The van der Waals surface area contributed by atoms with Crippen LogP contribution in [0.2, 0.25) is 0 Å². The second-order valence-electron chi connectivity index (χ2n) is 8.00. The van der Waals surface area contributed by atoms with Crippen LogP contribution in [0, 0.1) is 12.8 Å². The fourth-order valence-corrected chi connectivity index (χ4v) is 4.99. The zero-order chi connectivity index (χ0) is 21.2. The van der Waals surface area contributed by atoms with Crippen molar-refractivity contribution in [3.05, 3.63) is 59.1 Å². The van der Waals surface area contributed by atoms with Gasteiger partial charge >= 0.3 is 0 Å². The molecule has 8 heteroatoms. The average molecular weight is 434 g/mol. The average Bonchev–Trinajstić information content (AvgIpc) is 3.44. The highest BCUT2D eigenvalue weighted by Crippen LogP contribution is 2.35. The lowest BCUT2D eigenvalue weighted by Crippen LogP contribution is -2.31. The van der Waals surface area contributed by atoms with E-state index in [1.165, 1.54) is 0 Å². The number of benzene rings is 1. The topological polar surface area (TPSA) is 93.8 Å². The van der Waals surface area contributed by atoms with Crippen molar-refractivity contribution in [1.29, 1.82) is 0 Å². The van der Waals surface area contributed by atoms with Crippen molar-refractivity contribution in [2.75, 3.05) is 6.54 Å². The van der Waals surface area contributed by atoms with E-state index in [0.29, 0.717) is 35.5 Å². The summed E-state index contributed by atoms with van der Waals surface area (Å²) in [6.07, 6.45) is 5.74. The molecule has 31 heavy (non-hydrogen) atoms. The number of aromatic nitrogens is 4. The molecule has 0 bridgehead atoms. The summed E-state index contributed by atoms with van der Waals surface area (Å²) in [5, 5.41) is 12.5. The minimum Gasteiger partial charge on any atom is -0.419 e. The quantitative estimate of drug-likeness (QED) is 0.488. The molecule has 0 unspecified atom stereocenters. The molecule has 1 fully saturated rings. The molecular weight excluding hydrogens is 410 g/mol. The van der Waals surface area contributed by atoms with Gasteiger partial charge in [-0.2, -0.15) is 0 Å². The van der Waals surface area contributed by atoms with E-state index in [9.17, 15) is 4.79 Å². The van der Waals surface area contributed by atoms with Gasteiger partial charge in [0.2, 0.25) is 5.89 Å². The molecule has 1 N–H and O–H groups in total. The Labute approximate surface area is 183 Å². The number of carbonyl (C=O) groups excluding carboxylic acids is 1. The van der Waals surface area contributed by atoms with Gasteiger partial charge in [-0.25, -0.2) is 4.98 Å². The van der Waals surface area contributed by atoms with Crippen LogP contribution in [0.5, 0.6) is 0 Å². The monoisotopic (exact) mass is 433 g/mol. The van der Waals surface area contributed by atoms with E-state index < -0.39 is 0 Å². The zero-order valence-electron chi connectivity index (χ0n) is 17.2. The van der Waals surface area contributed by atoms with Crippen LogP contribution < -0.4 is 5.32 Å². The number of pyridine rings is 1. The first kappa shape index (κ1) is 19.8. The Morgan fingerprint density at radius 3 is 2.84 bits per heavy atom. The van der Waals surface area contributed by atoms with E-state index >= 15 is 0 Å². The van der Waals surface area contributed by atoms with Crippen LogP contribution in [0.15, 0.2) is 47.0 Å². The second kappa shape index (κ2) is 8.55. The molecule has 3 heterocycles. The third-order valence-electron chi connectivity index (χ3n) is 5.83. The van der Waals surface area contributed by atoms with E-state index in [2.05, 4.69) is 25.5 Å². The Balaban J connectivity index is 1.14. The van der Waals surface area contributed by atoms with Crippen molar-refractivity contribution >= 4 is 27.5 Å². The van der Waals surface area contributed by atoms with Crippen LogP contribution in [0.3, 0.4) is 0 Å². The molecule has 0 aliphatic heterocycles. The molecule has 0 radical (unpaired) electrons. The number of hydrogen-bond donors (Lipinski definition) is 1. The molecule has 1 aromatic carbocycles. The number of rotatable bonds is 5. The molecule has 3 aromatic heterocycles. The summed E-state index contributed by atoms with van der Waals surface area (Å²) in [4.78, 5) is 21.3. The Kier molecular flexibility index (Phi) is 5.46. The maximum Gasteiger partial charge on any atom is 0.266 e. The summed E-state index contributed by atoms with van der Waals surface area (Å²) in [5.41, 5.74) is 2.34. The summed E-state index contributed by atoms with van der Waals surface area (Å²) in [6, 6.07) is 11.3. The van der Waals surface area contributed by atoms with Crippen LogP contribution in [0.1, 0.15) is 52.9 Å². The Hall–Kier alpha value is -3.13. The van der Waals surface area contributed by atoms with Gasteiger partial charge in [-0.1, -0.05) is 6.07 Å². The first-order valence-electron chi connectivity index (χ1n) is 10.6. The second-order valence-corrected chi connectivity index (χ2v) is 9.24. The van der Waals surface area contributed by atoms with Crippen LogP contribution in [-0.2, 0) is 0 Å². The molecule has 1 saturated carbocycles. The lowest BCUT2D eigenvalue weighted by molar-refractivity contribution is 0.0942. The van der Waals surface area contributed by atoms with Crippen molar-refractivity contribution in [3.8, 4) is 11.6 Å². The predicted octanol–water partition coefficient (Wildman–Crippen LogP) is 4.75. The largest absolute Gasteiger partial charge is 0.419 e. The minimum atomic E-state index is -0.0213. The van der Waals surface area contributed by atoms with Gasteiger partial charge in [0.25, 0.3) is 11.8 Å². The van der Waals surface area contributed by atoms with E-state index in [4.69, 9.17) is 4.42 Å². The number of fused-ring (bicyclic) bond motifs is 1. The lowest BCUT2D eigenvalue weighted by Gasteiger charge is -2.26. The van der Waals surface area contributed by atoms with Gasteiger partial charge in [0, 0.05) is 24.2 Å². The normalized spacial score (nSPS) is 18.9. The number of carbonyl (C=O) groups is 1. The van der Waals surface area contributed by atoms with Gasteiger partial charge < -0.3 is 9.73 Å². The summed E-state index contributed by atoms with van der Waals surface area (Å²) in [6.45, 7) is 2.67. The molecular formula is C23H23N5O2S. The summed E-state index contributed by atoms with van der Waals surface area (Å²) in [7, 11) is 0. The van der Waals surface area contributed by atoms with Gasteiger partial charge in [-0.15, -0.1) is 21.5 Å². The molecule has 1 amide bonds. The first-order valence-corrected chi connectivity index (χ1v) is 11.4. The predicted molar refractivity (Wildman–Crippen MR) is 119 cm³/mol. The maximum atomic E-state index is 12.6. The van der Waals surface area contributed by atoms with Crippen molar-refractivity contribution in [1.82, 2.24) is 25.5 Å². The molecule has 5 rings (SSSR count). The smallest absolute Gasteiger partial charge is 0.266 e. The Morgan fingerprint density at radius 1 is 1.16 bits per heavy atom. The summed E-state index contributed by atoms with van der Waals surface area (Å²) < 4.78 is 6.93. The molecule has 7 nitrogen and oxygen atoms in total. The van der Waals surface area contributed by atoms with Gasteiger partial charge in [0.15, 0.2) is 0 Å². The molecule has 0 atom stereocenters. The van der Waals surface area contributed by atoms with E-state index in [1.807, 2.05) is 43.3 Å². The SMILES string of the molecule is Cc1nc2ccc(C(=O)NCC3CCC(c4nnc(-c5ccccn5)o4)CC3)cc2s1. The fraction of sp³-hybridized carbons (Fsp3) is 0.348. The minimum absolute atomic E-state index is 0.0213. The van der Waals surface area contributed by atoms with Crippen LogP contribution in [0.25, 0.3) is 21.8 Å². The highest BCUT2D eigenvalue weighted by Gasteiger charge is 2.27. The van der Waals surface area contributed by atoms with Crippen molar-refractivity contribution in [2.24, 2.45) is 5.92 Å². The van der Waals surface area contributed by atoms with Crippen molar-refractivity contribution < 1.29 is 9.21 Å². The van der Waals surface area contributed by atoms with Gasteiger partial charge in [-0.3, -0.25) is 9.78 Å². The number of nitrogens with one attached hydrogen (secondary N) is 1. The van der Waals surface area contributed by atoms with Gasteiger partial charge in [-0.05, 0) is 68.9 Å². The molecule has 4 aromatic rings. The van der Waals surface area contributed by atoms with E-state index in [-0.39, 0.29) is 11.8 Å². The summed E-state index contributed by atoms with van der Waals surface area (Å²) >= 11 is 1.61. The third kappa shape index (κ3) is 4.34. The van der Waals surface area contributed by atoms with Crippen LogP contribution in [-0.4, -0.2) is 32.6 Å². The summed E-state index contributed by atoms with van der Waals surface area (Å²) in [5.74, 6) is 1.88.